The number of rotatable bonds is 2. The maximum Gasteiger partial charge on any atom is 0.205 e. The molecule has 1 atom stereocenters. The van der Waals surface area contributed by atoms with Crippen LogP contribution in [0.1, 0.15) is 31.9 Å². The first-order valence-electron chi connectivity index (χ1n) is 5.95. The molecular weight excluding hydrogens is 246 g/mol. The van der Waals surface area contributed by atoms with Crippen LogP contribution in [0.15, 0.2) is 29.8 Å². The van der Waals surface area contributed by atoms with Gasteiger partial charge in [-0.25, -0.2) is 0 Å². The number of hydrogen-bond donors (Lipinski definition) is 1. The Balaban J connectivity index is 1.94. The molecule has 1 aliphatic rings. The smallest absolute Gasteiger partial charge is 0.205 e. The van der Waals surface area contributed by atoms with Crippen LogP contribution in [0.3, 0.4) is 0 Å². The van der Waals surface area contributed by atoms with Gasteiger partial charge in [-0.1, -0.05) is 29.5 Å². The summed E-state index contributed by atoms with van der Waals surface area (Å²) in [4.78, 5) is 0. The van der Waals surface area contributed by atoms with Crippen molar-refractivity contribution in [1.82, 2.24) is 10.2 Å². The van der Waals surface area contributed by atoms with E-state index in [0.717, 1.165) is 17.3 Å². The third-order valence-electron chi connectivity index (χ3n) is 3.03. The zero-order valence-corrected chi connectivity index (χ0v) is 11.2. The SMILES string of the molecule is CC1(C)CC(Nc2nncs2)c2ccccc2O1. The van der Waals surface area contributed by atoms with Gasteiger partial charge in [-0.3, -0.25) is 0 Å². The van der Waals surface area contributed by atoms with E-state index in [2.05, 4.69) is 35.4 Å². The summed E-state index contributed by atoms with van der Waals surface area (Å²) in [5.41, 5.74) is 2.75. The molecule has 0 radical (unpaired) electrons. The molecule has 0 spiro atoms. The summed E-state index contributed by atoms with van der Waals surface area (Å²) in [5.74, 6) is 0.954. The lowest BCUT2D eigenvalue weighted by Crippen LogP contribution is -2.37. The molecule has 0 saturated carbocycles. The number of hydrogen-bond acceptors (Lipinski definition) is 5. The van der Waals surface area contributed by atoms with Crippen molar-refractivity contribution in [2.45, 2.75) is 31.9 Å². The zero-order chi connectivity index (χ0) is 12.6. The fraction of sp³-hybridized carbons (Fsp3) is 0.385. The number of ether oxygens (including phenoxy) is 1. The molecule has 2 aromatic rings. The third kappa shape index (κ3) is 2.18. The lowest BCUT2D eigenvalue weighted by Gasteiger charge is -2.37. The molecule has 4 nitrogen and oxygen atoms in total. The zero-order valence-electron chi connectivity index (χ0n) is 10.4. The van der Waals surface area contributed by atoms with Crippen LogP contribution in [0.25, 0.3) is 0 Å². The largest absolute Gasteiger partial charge is 0.487 e. The Bertz CT molecular complexity index is 539. The monoisotopic (exact) mass is 261 g/mol. The van der Waals surface area contributed by atoms with E-state index >= 15 is 0 Å². The van der Waals surface area contributed by atoms with Crippen molar-refractivity contribution in [2.75, 3.05) is 5.32 Å². The summed E-state index contributed by atoms with van der Waals surface area (Å²) in [6.45, 7) is 4.22. The molecule has 0 fully saturated rings. The minimum atomic E-state index is -0.170. The van der Waals surface area contributed by atoms with Crippen molar-refractivity contribution in [1.29, 1.82) is 0 Å². The highest BCUT2D eigenvalue weighted by atomic mass is 32.1. The van der Waals surface area contributed by atoms with E-state index in [1.807, 2.05) is 18.2 Å². The van der Waals surface area contributed by atoms with Gasteiger partial charge in [0.15, 0.2) is 0 Å². The van der Waals surface area contributed by atoms with E-state index in [0.29, 0.717) is 0 Å². The molecular formula is C13H15N3OS. The Hall–Kier alpha value is -1.62. The van der Waals surface area contributed by atoms with E-state index < -0.39 is 0 Å². The summed E-state index contributed by atoms with van der Waals surface area (Å²) < 4.78 is 6.00. The van der Waals surface area contributed by atoms with Gasteiger partial charge in [0.05, 0.1) is 6.04 Å². The van der Waals surface area contributed by atoms with Crippen molar-refractivity contribution < 1.29 is 4.74 Å². The highest BCUT2D eigenvalue weighted by Crippen LogP contribution is 2.40. The van der Waals surface area contributed by atoms with Crippen molar-refractivity contribution in [3.63, 3.8) is 0 Å². The molecule has 1 N–H and O–H groups in total. The van der Waals surface area contributed by atoms with Crippen LogP contribution in [0.5, 0.6) is 5.75 Å². The summed E-state index contributed by atoms with van der Waals surface area (Å²) in [7, 11) is 0. The van der Waals surface area contributed by atoms with Gasteiger partial charge in [-0.05, 0) is 19.9 Å². The van der Waals surface area contributed by atoms with Crippen LogP contribution in [0.4, 0.5) is 5.13 Å². The number of nitrogens with one attached hydrogen (secondary N) is 1. The molecule has 5 heteroatoms. The van der Waals surface area contributed by atoms with Crippen LogP contribution in [-0.2, 0) is 0 Å². The average molecular weight is 261 g/mol. The number of benzene rings is 1. The molecule has 1 aromatic carbocycles. The Kier molecular flexibility index (Phi) is 2.70. The van der Waals surface area contributed by atoms with Crippen LogP contribution in [0, 0.1) is 0 Å². The number of nitrogens with zero attached hydrogens (tertiary/aromatic N) is 2. The molecule has 3 rings (SSSR count). The topological polar surface area (TPSA) is 47.0 Å². The molecule has 1 aromatic heterocycles. The second kappa shape index (κ2) is 4.24. The Morgan fingerprint density at radius 2 is 2.22 bits per heavy atom. The molecule has 1 unspecified atom stereocenters. The molecule has 0 aliphatic carbocycles. The summed E-state index contributed by atoms with van der Waals surface area (Å²) >= 11 is 1.52. The van der Waals surface area contributed by atoms with Crippen LogP contribution < -0.4 is 10.1 Å². The summed E-state index contributed by atoms with van der Waals surface area (Å²) in [6.07, 6.45) is 0.906. The molecule has 0 saturated heterocycles. The maximum absolute atomic E-state index is 6.00. The molecule has 94 valence electrons. The minimum Gasteiger partial charge on any atom is -0.487 e. The predicted molar refractivity (Wildman–Crippen MR) is 72.0 cm³/mol. The van der Waals surface area contributed by atoms with E-state index in [1.165, 1.54) is 16.9 Å². The number of fused-ring (bicyclic) bond motifs is 1. The van der Waals surface area contributed by atoms with Gasteiger partial charge in [0.25, 0.3) is 0 Å². The van der Waals surface area contributed by atoms with E-state index in [-0.39, 0.29) is 11.6 Å². The average Bonchev–Trinajstić information content (AvgIpc) is 2.80. The molecule has 1 aliphatic heterocycles. The predicted octanol–water partition coefficient (Wildman–Crippen LogP) is 3.25. The lowest BCUT2D eigenvalue weighted by atomic mass is 9.90. The van der Waals surface area contributed by atoms with Gasteiger partial charge in [-0.15, -0.1) is 10.2 Å². The normalized spacial score (nSPS) is 20.9. The van der Waals surface area contributed by atoms with Gasteiger partial charge >= 0.3 is 0 Å². The number of aromatic nitrogens is 2. The van der Waals surface area contributed by atoms with E-state index in [4.69, 9.17) is 4.74 Å². The highest BCUT2D eigenvalue weighted by molar-refractivity contribution is 7.13. The molecule has 18 heavy (non-hydrogen) atoms. The lowest BCUT2D eigenvalue weighted by molar-refractivity contribution is 0.0759. The third-order valence-corrected chi connectivity index (χ3v) is 3.66. The van der Waals surface area contributed by atoms with Gasteiger partial charge in [0, 0.05) is 12.0 Å². The van der Waals surface area contributed by atoms with Crippen LogP contribution >= 0.6 is 11.3 Å². The summed E-state index contributed by atoms with van der Waals surface area (Å²) in [6, 6.07) is 8.38. The molecule has 0 bridgehead atoms. The fourth-order valence-corrected chi connectivity index (χ4v) is 2.81. The fourth-order valence-electron chi connectivity index (χ4n) is 2.32. The van der Waals surface area contributed by atoms with Gasteiger partial charge in [-0.2, -0.15) is 0 Å². The second-order valence-electron chi connectivity index (χ2n) is 5.04. The first kappa shape index (κ1) is 11.5. The summed E-state index contributed by atoms with van der Waals surface area (Å²) in [5, 5.41) is 12.2. The van der Waals surface area contributed by atoms with Crippen molar-refractivity contribution in [3.8, 4) is 5.75 Å². The van der Waals surface area contributed by atoms with Crippen LogP contribution in [0.2, 0.25) is 0 Å². The Morgan fingerprint density at radius 1 is 1.39 bits per heavy atom. The Labute approximate surface area is 110 Å². The van der Waals surface area contributed by atoms with Gasteiger partial charge in [0.2, 0.25) is 5.13 Å². The van der Waals surface area contributed by atoms with Gasteiger partial charge in [0.1, 0.15) is 16.9 Å². The number of anilines is 1. The maximum atomic E-state index is 6.00. The number of para-hydroxylation sites is 1. The van der Waals surface area contributed by atoms with Crippen molar-refractivity contribution >= 4 is 16.5 Å². The van der Waals surface area contributed by atoms with E-state index in [1.54, 1.807) is 5.51 Å². The van der Waals surface area contributed by atoms with Crippen molar-refractivity contribution in [3.05, 3.63) is 35.3 Å². The first-order valence-corrected chi connectivity index (χ1v) is 6.83. The Morgan fingerprint density at radius 3 is 3.00 bits per heavy atom. The highest BCUT2D eigenvalue weighted by Gasteiger charge is 2.33. The quantitative estimate of drug-likeness (QED) is 0.901. The molecule has 0 amide bonds. The second-order valence-corrected chi connectivity index (χ2v) is 5.88. The first-order chi connectivity index (χ1) is 8.64. The minimum absolute atomic E-state index is 0.170. The van der Waals surface area contributed by atoms with E-state index in [9.17, 15) is 0 Å². The van der Waals surface area contributed by atoms with Crippen LogP contribution in [-0.4, -0.2) is 15.8 Å². The standard InChI is InChI=1S/C13H15N3OS/c1-13(2)7-10(15-12-16-14-8-18-12)9-5-3-4-6-11(9)17-13/h3-6,8,10H,7H2,1-2H3,(H,15,16). The molecule has 2 heterocycles. The van der Waals surface area contributed by atoms with Gasteiger partial charge < -0.3 is 10.1 Å². The van der Waals surface area contributed by atoms with Crippen molar-refractivity contribution in [2.24, 2.45) is 0 Å².